The fraction of sp³-hybridized carbons (Fsp3) is 0.469. The largest absolute Gasteiger partial charge is 0.481 e. The summed E-state index contributed by atoms with van der Waals surface area (Å²) in [6.45, 7) is 7.80. The summed E-state index contributed by atoms with van der Waals surface area (Å²) in [5.74, 6) is 0.938. The van der Waals surface area contributed by atoms with Gasteiger partial charge in [-0.05, 0) is 74.4 Å². The Hall–Kier alpha value is -3.93. The number of rotatable bonds is 10. The monoisotopic (exact) mass is 587 g/mol. The van der Waals surface area contributed by atoms with Crippen molar-refractivity contribution in [3.05, 3.63) is 76.5 Å². The van der Waals surface area contributed by atoms with Gasteiger partial charge in [-0.25, -0.2) is 9.97 Å². The van der Waals surface area contributed by atoms with Crippen LogP contribution in [0.4, 0.5) is 5.82 Å². The van der Waals surface area contributed by atoms with Crippen molar-refractivity contribution < 1.29 is 19.4 Å². The third-order valence-corrected chi connectivity index (χ3v) is 8.04. The first-order valence-electron chi connectivity index (χ1n) is 14.8. The van der Waals surface area contributed by atoms with E-state index in [1.165, 1.54) is 29.5 Å². The number of aromatic nitrogens is 3. The van der Waals surface area contributed by atoms with E-state index in [1.54, 1.807) is 39.3 Å². The highest BCUT2D eigenvalue weighted by molar-refractivity contribution is 6.04. The van der Waals surface area contributed by atoms with E-state index in [4.69, 9.17) is 9.72 Å². The number of aryl methyl sites for hydroxylation is 2. The van der Waals surface area contributed by atoms with Gasteiger partial charge in [0.2, 0.25) is 0 Å². The Morgan fingerprint density at radius 3 is 2.53 bits per heavy atom. The number of nitrogens with zero attached hydrogens (tertiary/aromatic N) is 5. The summed E-state index contributed by atoms with van der Waals surface area (Å²) in [4.78, 5) is 42.6. The standard InChI is InChI=1S/C32H41N7O4/c1-19-11-26(15-35-29(19)31(41)37-30-20(2)10-24(13-36-30)32(42)38(4)5)43-28(17-39-16-21(3)33-14-25(39)18-40)27-9-8-23(12-34-27)22-6-7-22/h8-13,15,21-22,25,28,33,40H,6-7,14,16-18H2,1-5H3,(H,36,37,41)/t21-,25-,28?/m1/s1. The van der Waals surface area contributed by atoms with Gasteiger partial charge in [0.15, 0.2) is 6.10 Å². The van der Waals surface area contributed by atoms with Crippen molar-refractivity contribution in [1.29, 1.82) is 0 Å². The molecular weight excluding hydrogens is 546 g/mol. The Labute approximate surface area is 252 Å². The van der Waals surface area contributed by atoms with Crippen LogP contribution in [0.15, 0.2) is 42.9 Å². The number of piperazine rings is 1. The van der Waals surface area contributed by atoms with Crippen LogP contribution in [-0.2, 0) is 0 Å². The van der Waals surface area contributed by atoms with Crippen LogP contribution in [0.5, 0.6) is 5.75 Å². The van der Waals surface area contributed by atoms with Gasteiger partial charge in [-0.15, -0.1) is 0 Å². The lowest BCUT2D eigenvalue weighted by Gasteiger charge is -2.40. The highest BCUT2D eigenvalue weighted by atomic mass is 16.5. The summed E-state index contributed by atoms with van der Waals surface area (Å²) in [5, 5.41) is 16.3. The van der Waals surface area contributed by atoms with E-state index in [0.29, 0.717) is 47.3 Å². The van der Waals surface area contributed by atoms with Gasteiger partial charge < -0.3 is 25.4 Å². The molecule has 0 bridgehead atoms. The number of hydrogen-bond acceptors (Lipinski definition) is 9. The zero-order valence-electron chi connectivity index (χ0n) is 25.5. The van der Waals surface area contributed by atoms with Crippen molar-refractivity contribution in [2.75, 3.05) is 45.7 Å². The van der Waals surface area contributed by atoms with E-state index in [1.807, 2.05) is 19.2 Å². The quantitative estimate of drug-likeness (QED) is 0.327. The van der Waals surface area contributed by atoms with E-state index in [2.05, 4.69) is 38.5 Å². The van der Waals surface area contributed by atoms with Crippen molar-refractivity contribution in [2.24, 2.45) is 0 Å². The molecule has 5 rings (SSSR count). The van der Waals surface area contributed by atoms with Crippen LogP contribution >= 0.6 is 0 Å². The minimum Gasteiger partial charge on any atom is -0.481 e. The molecule has 4 heterocycles. The van der Waals surface area contributed by atoms with Gasteiger partial charge in [0.25, 0.3) is 11.8 Å². The molecule has 1 aliphatic carbocycles. The molecule has 0 radical (unpaired) electrons. The number of aliphatic hydroxyl groups is 1. The first kappa shape index (κ1) is 30.5. The molecular formula is C32H41N7O4. The minimum atomic E-state index is -0.402. The van der Waals surface area contributed by atoms with Crippen LogP contribution in [0, 0.1) is 13.8 Å². The van der Waals surface area contributed by atoms with Crippen LogP contribution in [0.3, 0.4) is 0 Å². The summed E-state index contributed by atoms with van der Waals surface area (Å²) in [6.07, 6.45) is 6.97. The predicted octanol–water partition coefficient (Wildman–Crippen LogP) is 3.09. The molecule has 3 aromatic rings. The predicted molar refractivity (Wildman–Crippen MR) is 163 cm³/mol. The van der Waals surface area contributed by atoms with Crippen molar-refractivity contribution in [1.82, 2.24) is 30.1 Å². The SMILES string of the molecule is Cc1cc(C(=O)N(C)C)cnc1NC(=O)c1ncc(OC(CN2C[C@@H](C)NC[C@@H]2CO)c2ccc(C3CC3)cn2)cc1C. The lowest BCUT2D eigenvalue weighted by molar-refractivity contribution is 0.0448. The number of carbonyl (C=O) groups excluding carboxylic acids is 2. The van der Waals surface area contributed by atoms with E-state index in [9.17, 15) is 14.7 Å². The number of amides is 2. The second kappa shape index (κ2) is 13.2. The maximum Gasteiger partial charge on any atom is 0.275 e. The highest BCUT2D eigenvalue weighted by Crippen LogP contribution is 2.40. The fourth-order valence-corrected chi connectivity index (χ4v) is 5.37. The number of nitrogens with one attached hydrogen (secondary N) is 2. The van der Waals surface area contributed by atoms with Gasteiger partial charge in [0.1, 0.15) is 17.3 Å². The molecule has 11 nitrogen and oxygen atoms in total. The number of anilines is 1. The minimum absolute atomic E-state index is 0.0221. The lowest BCUT2D eigenvalue weighted by Crippen LogP contribution is -2.57. The topological polar surface area (TPSA) is 133 Å². The molecule has 2 amide bonds. The Balaban J connectivity index is 1.33. The summed E-state index contributed by atoms with van der Waals surface area (Å²) in [6, 6.07) is 7.94. The molecule has 0 aromatic carbocycles. The van der Waals surface area contributed by atoms with Gasteiger partial charge in [0, 0.05) is 58.2 Å². The molecule has 43 heavy (non-hydrogen) atoms. The fourth-order valence-electron chi connectivity index (χ4n) is 5.37. The van der Waals surface area contributed by atoms with Crippen LogP contribution in [-0.4, -0.2) is 94.1 Å². The second-order valence-corrected chi connectivity index (χ2v) is 11.9. The first-order chi connectivity index (χ1) is 20.6. The molecule has 0 spiro atoms. The van der Waals surface area contributed by atoms with Crippen molar-refractivity contribution in [3.8, 4) is 5.75 Å². The number of ether oxygens (including phenoxy) is 1. The maximum absolute atomic E-state index is 13.1. The molecule has 3 aromatic heterocycles. The summed E-state index contributed by atoms with van der Waals surface area (Å²) in [7, 11) is 3.35. The Kier molecular flexibility index (Phi) is 9.34. The van der Waals surface area contributed by atoms with E-state index < -0.39 is 12.0 Å². The molecule has 1 unspecified atom stereocenters. The van der Waals surface area contributed by atoms with Crippen LogP contribution in [0.1, 0.15) is 75.0 Å². The third kappa shape index (κ3) is 7.35. The van der Waals surface area contributed by atoms with Crippen LogP contribution in [0.25, 0.3) is 0 Å². The Bertz CT molecular complexity index is 1460. The van der Waals surface area contributed by atoms with Crippen LogP contribution < -0.4 is 15.4 Å². The molecule has 3 N–H and O–H groups in total. The van der Waals surface area contributed by atoms with Crippen molar-refractivity contribution >= 4 is 17.6 Å². The molecule has 1 saturated heterocycles. The summed E-state index contributed by atoms with van der Waals surface area (Å²) < 4.78 is 6.51. The average molecular weight is 588 g/mol. The Morgan fingerprint density at radius 2 is 1.91 bits per heavy atom. The zero-order valence-corrected chi connectivity index (χ0v) is 25.5. The van der Waals surface area contributed by atoms with Crippen molar-refractivity contribution in [2.45, 2.75) is 57.7 Å². The Morgan fingerprint density at radius 1 is 1.12 bits per heavy atom. The molecule has 1 saturated carbocycles. The number of hydrogen-bond donors (Lipinski definition) is 3. The third-order valence-electron chi connectivity index (χ3n) is 8.04. The molecule has 2 fully saturated rings. The molecule has 2 aliphatic rings. The lowest BCUT2D eigenvalue weighted by atomic mass is 10.1. The van der Waals surface area contributed by atoms with E-state index >= 15 is 0 Å². The smallest absolute Gasteiger partial charge is 0.275 e. The summed E-state index contributed by atoms with van der Waals surface area (Å²) >= 11 is 0. The maximum atomic E-state index is 13.1. The van der Waals surface area contributed by atoms with E-state index in [-0.39, 0.29) is 30.3 Å². The van der Waals surface area contributed by atoms with Gasteiger partial charge in [-0.2, -0.15) is 0 Å². The molecule has 3 atom stereocenters. The van der Waals surface area contributed by atoms with Gasteiger partial charge in [-0.3, -0.25) is 19.5 Å². The average Bonchev–Trinajstić information content (AvgIpc) is 3.83. The van der Waals surface area contributed by atoms with Crippen molar-refractivity contribution in [3.63, 3.8) is 0 Å². The van der Waals surface area contributed by atoms with Gasteiger partial charge >= 0.3 is 0 Å². The van der Waals surface area contributed by atoms with Gasteiger partial charge in [-0.1, -0.05) is 6.07 Å². The molecule has 1 aliphatic heterocycles. The second-order valence-electron chi connectivity index (χ2n) is 11.9. The van der Waals surface area contributed by atoms with Crippen LogP contribution in [0.2, 0.25) is 0 Å². The molecule has 11 heteroatoms. The molecule has 228 valence electrons. The number of pyridine rings is 3. The normalized spacial score (nSPS) is 19.5. The summed E-state index contributed by atoms with van der Waals surface area (Å²) in [5.41, 5.74) is 4.08. The number of aliphatic hydroxyl groups excluding tert-OH is 1. The van der Waals surface area contributed by atoms with Gasteiger partial charge in [0.05, 0.1) is 24.1 Å². The number of carbonyl (C=O) groups is 2. The zero-order chi connectivity index (χ0) is 30.7. The van der Waals surface area contributed by atoms with E-state index in [0.717, 1.165) is 12.2 Å². The first-order valence-corrected chi connectivity index (χ1v) is 14.8. The highest BCUT2D eigenvalue weighted by Gasteiger charge is 2.30.